The second-order valence-corrected chi connectivity index (χ2v) is 8.85. The minimum atomic E-state index is -0.885. The van der Waals surface area contributed by atoms with E-state index in [1.807, 2.05) is 43.5 Å². The second kappa shape index (κ2) is 12.3. The van der Waals surface area contributed by atoms with Gasteiger partial charge in [-0.15, -0.1) is 0 Å². The first-order valence-corrected chi connectivity index (χ1v) is 12.6. The molecule has 1 unspecified atom stereocenters. The zero-order valence-electron chi connectivity index (χ0n) is 19.6. The van der Waals surface area contributed by atoms with Gasteiger partial charge in [-0.25, -0.2) is 14.4 Å². The van der Waals surface area contributed by atoms with Crippen molar-refractivity contribution in [3.8, 4) is 5.75 Å². The Morgan fingerprint density at radius 2 is 1.91 bits per heavy atom. The maximum atomic E-state index is 13.0. The van der Waals surface area contributed by atoms with Crippen LogP contribution in [0.25, 0.3) is 11.0 Å². The van der Waals surface area contributed by atoms with E-state index in [2.05, 4.69) is 5.32 Å². The monoisotopic (exact) mass is 483 g/mol. The minimum absolute atomic E-state index is 0.0971. The van der Waals surface area contributed by atoms with Gasteiger partial charge in [-0.3, -0.25) is 0 Å². The first-order chi connectivity index (χ1) is 16.4. The maximum absolute atomic E-state index is 13.0. The topological polar surface area (TPSA) is 94.8 Å². The first-order valence-electron chi connectivity index (χ1n) is 11.2. The first kappa shape index (κ1) is 25.4. The highest BCUT2D eigenvalue weighted by molar-refractivity contribution is 7.98. The number of amides is 1. The molecule has 0 aliphatic heterocycles. The van der Waals surface area contributed by atoms with Crippen molar-refractivity contribution in [2.75, 3.05) is 12.0 Å². The number of hydrogen-bond donors (Lipinski definition) is 1. The summed E-state index contributed by atoms with van der Waals surface area (Å²) in [7, 11) is 0. The fourth-order valence-corrected chi connectivity index (χ4v) is 4.04. The molecule has 0 radical (unpaired) electrons. The van der Waals surface area contributed by atoms with Crippen LogP contribution in [0.3, 0.4) is 0 Å². The van der Waals surface area contributed by atoms with E-state index in [0.717, 1.165) is 29.4 Å². The predicted octanol–water partition coefficient (Wildman–Crippen LogP) is 5.01. The molecule has 2 aromatic carbocycles. The Labute approximate surface area is 202 Å². The average Bonchev–Trinajstić information content (AvgIpc) is 2.83. The molecule has 1 atom stereocenters. The van der Waals surface area contributed by atoms with E-state index in [1.165, 1.54) is 6.07 Å². The highest BCUT2D eigenvalue weighted by Gasteiger charge is 2.24. The largest absolute Gasteiger partial charge is 0.445 e. The summed E-state index contributed by atoms with van der Waals surface area (Å²) in [6, 6.07) is 13.4. The molecule has 0 aliphatic carbocycles. The van der Waals surface area contributed by atoms with Gasteiger partial charge in [-0.1, -0.05) is 43.7 Å². The molecule has 0 fully saturated rings. The molecule has 180 valence electrons. The van der Waals surface area contributed by atoms with Crippen LogP contribution in [0.1, 0.15) is 36.5 Å². The SMILES string of the molecule is CCCc1cc(=O)oc2c(C)c(OC(=O)C(CCSC)NC(=O)OCc3ccccc3)ccc12. The zero-order chi connectivity index (χ0) is 24.5. The van der Waals surface area contributed by atoms with Gasteiger partial charge in [0.2, 0.25) is 0 Å². The van der Waals surface area contributed by atoms with E-state index in [1.54, 1.807) is 30.8 Å². The molecule has 8 heteroatoms. The highest BCUT2D eigenvalue weighted by Crippen LogP contribution is 2.29. The normalized spacial score (nSPS) is 11.7. The number of carbonyl (C=O) groups is 2. The fraction of sp³-hybridized carbons (Fsp3) is 0.346. The molecule has 0 aliphatic rings. The summed E-state index contributed by atoms with van der Waals surface area (Å²) < 4.78 is 16.3. The van der Waals surface area contributed by atoms with E-state index in [4.69, 9.17) is 13.9 Å². The zero-order valence-corrected chi connectivity index (χ0v) is 20.4. The number of fused-ring (bicyclic) bond motifs is 1. The lowest BCUT2D eigenvalue weighted by Crippen LogP contribution is -2.43. The van der Waals surface area contributed by atoms with Crippen molar-refractivity contribution in [2.24, 2.45) is 0 Å². The van der Waals surface area contributed by atoms with Crippen LogP contribution in [0.2, 0.25) is 0 Å². The Hall–Kier alpha value is -3.26. The van der Waals surface area contributed by atoms with E-state index >= 15 is 0 Å². The average molecular weight is 484 g/mol. The Bertz CT molecular complexity index is 1190. The Morgan fingerprint density at radius 3 is 2.62 bits per heavy atom. The summed E-state index contributed by atoms with van der Waals surface area (Å²) in [6.45, 7) is 3.87. The van der Waals surface area contributed by atoms with Crippen LogP contribution in [0.15, 0.2) is 57.7 Å². The lowest BCUT2D eigenvalue weighted by molar-refractivity contribution is -0.136. The molecule has 3 aromatic rings. The number of rotatable bonds is 10. The number of alkyl carbamates (subject to hydrolysis) is 1. The summed E-state index contributed by atoms with van der Waals surface area (Å²) >= 11 is 1.55. The van der Waals surface area contributed by atoms with Gasteiger partial charge in [-0.05, 0) is 55.0 Å². The van der Waals surface area contributed by atoms with Crippen LogP contribution in [0.5, 0.6) is 5.75 Å². The van der Waals surface area contributed by atoms with Gasteiger partial charge in [0.25, 0.3) is 0 Å². The van der Waals surface area contributed by atoms with E-state index in [9.17, 15) is 14.4 Å². The standard InChI is InChI=1S/C26H29NO6S/c1-4-8-19-15-23(28)33-24-17(2)22(12-11-20(19)24)32-25(29)21(13-14-34-3)27-26(30)31-16-18-9-6-5-7-10-18/h5-7,9-12,15,21H,4,8,13-14,16H2,1-3H3,(H,27,30). The molecule has 1 N–H and O–H groups in total. The van der Waals surface area contributed by atoms with Crippen molar-refractivity contribution in [3.63, 3.8) is 0 Å². The van der Waals surface area contributed by atoms with Crippen LogP contribution < -0.4 is 15.7 Å². The Morgan fingerprint density at radius 1 is 1.15 bits per heavy atom. The van der Waals surface area contributed by atoms with Gasteiger partial charge in [0.05, 0.1) is 0 Å². The number of nitrogens with one attached hydrogen (secondary N) is 1. The molecular weight excluding hydrogens is 454 g/mol. The molecule has 1 heterocycles. The molecule has 0 bridgehead atoms. The number of benzene rings is 2. The van der Waals surface area contributed by atoms with Gasteiger partial charge in [0.15, 0.2) is 0 Å². The molecule has 0 saturated carbocycles. The van der Waals surface area contributed by atoms with E-state index < -0.39 is 23.7 Å². The summed E-state index contributed by atoms with van der Waals surface area (Å²) in [5.41, 5.74) is 2.25. The number of aryl methyl sites for hydroxylation is 2. The van der Waals surface area contributed by atoms with Crippen LogP contribution >= 0.6 is 11.8 Å². The quantitative estimate of drug-likeness (QED) is 0.246. The van der Waals surface area contributed by atoms with Gasteiger partial charge < -0.3 is 19.2 Å². The molecule has 1 aromatic heterocycles. The number of carbonyl (C=O) groups excluding carboxylic acids is 2. The van der Waals surface area contributed by atoms with E-state index in [-0.39, 0.29) is 12.4 Å². The maximum Gasteiger partial charge on any atom is 0.408 e. The fourth-order valence-electron chi connectivity index (χ4n) is 3.57. The molecule has 7 nitrogen and oxygen atoms in total. The Kier molecular flexibility index (Phi) is 9.16. The molecule has 1 amide bonds. The summed E-state index contributed by atoms with van der Waals surface area (Å²) in [5.74, 6) is 0.313. The third-order valence-electron chi connectivity index (χ3n) is 5.33. The molecule has 0 saturated heterocycles. The number of hydrogen-bond acceptors (Lipinski definition) is 7. The predicted molar refractivity (Wildman–Crippen MR) is 133 cm³/mol. The summed E-state index contributed by atoms with van der Waals surface area (Å²) in [6.07, 6.45) is 3.23. The molecule has 34 heavy (non-hydrogen) atoms. The minimum Gasteiger partial charge on any atom is -0.445 e. The van der Waals surface area contributed by atoms with Gasteiger partial charge in [0.1, 0.15) is 24.0 Å². The van der Waals surface area contributed by atoms with Gasteiger partial charge in [-0.2, -0.15) is 11.8 Å². The van der Waals surface area contributed by atoms with Crippen molar-refractivity contribution >= 4 is 34.8 Å². The van der Waals surface area contributed by atoms with Crippen LogP contribution in [0, 0.1) is 6.92 Å². The lowest BCUT2D eigenvalue weighted by Gasteiger charge is -2.18. The third-order valence-corrected chi connectivity index (χ3v) is 5.97. The number of ether oxygens (including phenoxy) is 2. The van der Waals surface area contributed by atoms with Crippen LogP contribution in [-0.2, 0) is 22.6 Å². The van der Waals surface area contributed by atoms with Crippen molar-refractivity contribution in [3.05, 3.63) is 75.6 Å². The van der Waals surface area contributed by atoms with Crippen LogP contribution in [0.4, 0.5) is 4.79 Å². The number of esters is 1. The van der Waals surface area contributed by atoms with Crippen LogP contribution in [-0.4, -0.2) is 30.1 Å². The lowest BCUT2D eigenvalue weighted by atomic mass is 10.0. The van der Waals surface area contributed by atoms with Gasteiger partial charge >= 0.3 is 17.7 Å². The van der Waals surface area contributed by atoms with Crippen molar-refractivity contribution in [2.45, 2.75) is 45.8 Å². The van der Waals surface area contributed by atoms with Crippen molar-refractivity contribution < 1.29 is 23.5 Å². The third kappa shape index (κ3) is 6.63. The van der Waals surface area contributed by atoms with Gasteiger partial charge in [0, 0.05) is 17.0 Å². The highest BCUT2D eigenvalue weighted by atomic mass is 32.2. The molecule has 0 spiro atoms. The second-order valence-electron chi connectivity index (χ2n) is 7.87. The number of thioether (sulfide) groups is 1. The molecular formula is C26H29NO6S. The van der Waals surface area contributed by atoms with Crippen molar-refractivity contribution in [1.29, 1.82) is 0 Å². The summed E-state index contributed by atoms with van der Waals surface area (Å²) in [4.78, 5) is 37.3. The smallest absolute Gasteiger partial charge is 0.408 e. The van der Waals surface area contributed by atoms with Crippen molar-refractivity contribution in [1.82, 2.24) is 5.32 Å². The Balaban J connectivity index is 1.74. The molecule has 3 rings (SSSR count). The summed E-state index contributed by atoms with van der Waals surface area (Å²) in [5, 5.41) is 3.43. The van der Waals surface area contributed by atoms with E-state index in [0.29, 0.717) is 23.3 Å².